The molecule has 0 aliphatic heterocycles. The van der Waals surface area contributed by atoms with E-state index in [4.69, 9.17) is 0 Å². The number of nitrogens with zero attached hydrogens (tertiary/aromatic N) is 2. The zero-order valence-corrected chi connectivity index (χ0v) is 16.2. The molecular formula is C19H16F3N3O4S. The Morgan fingerprint density at radius 3 is 2.30 bits per heavy atom. The second kappa shape index (κ2) is 8.67. The lowest BCUT2D eigenvalue weighted by atomic mass is 10.1. The molecule has 11 heteroatoms. The Bertz CT molecular complexity index is 1160. The predicted octanol–water partition coefficient (Wildman–Crippen LogP) is 2.79. The lowest BCUT2D eigenvalue weighted by molar-refractivity contribution is -0.274. The number of ether oxygens (including phenoxy) is 1. The molecule has 0 radical (unpaired) electrons. The fourth-order valence-electron chi connectivity index (χ4n) is 2.56. The Kier molecular flexibility index (Phi) is 6.22. The van der Waals surface area contributed by atoms with Crippen LogP contribution >= 0.6 is 0 Å². The number of hydrogen-bond donors (Lipinski definition) is 1. The highest BCUT2D eigenvalue weighted by atomic mass is 32.2. The van der Waals surface area contributed by atoms with Crippen LogP contribution in [0.5, 0.6) is 5.75 Å². The van der Waals surface area contributed by atoms with Crippen LogP contribution < -0.4 is 15.0 Å². The zero-order valence-electron chi connectivity index (χ0n) is 15.3. The minimum atomic E-state index is -4.87. The van der Waals surface area contributed by atoms with Gasteiger partial charge in [-0.15, -0.1) is 13.2 Å². The number of alkyl halides is 3. The summed E-state index contributed by atoms with van der Waals surface area (Å²) in [7, 11) is -3.98. The molecule has 0 aliphatic carbocycles. The van der Waals surface area contributed by atoms with Crippen LogP contribution in [-0.2, 0) is 16.6 Å². The summed E-state index contributed by atoms with van der Waals surface area (Å²) in [5.74, 6) is -0.530. The third-order valence-corrected chi connectivity index (χ3v) is 5.44. The Hall–Kier alpha value is -3.18. The van der Waals surface area contributed by atoms with Gasteiger partial charge < -0.3 is 4.74 Å². The summed E-state index contributed by atoms with van der Waals surface area (Å²) in [5, 5.41) is 0. The first-order valence-electron chi connectivity index (χ1n) is 8.61. The van der Waals surface area contributed by atoms with E-state index in [9.17, 15) is 26.4 Å². The molecule has 7 nitrogen and oxygen atoms in total. The topological polar surface area (TPSA) is 90.3 Å². The standard InChI is InChI=1S/C19H16F3N3O4S/c20-19(21,22)29-15-6-8-16(9-7-15)30(27,28)24-10-11-25-13-23-17(12-18(25)26)14-4-2-1-3-5-14/h1-9,12-13,24H,10-11H2. The normalized spacial score (nSPS) is 12.0. The van der Waals surface area contributed by atoms with Crippen LogP contribution in [0, 0.1) is 0 Å². The molecule has 0 saturated carbocycles. The third-order valence-electron chi connectivity index (χ3n) is 3.96. The zero-order chi connectivity index (χ0) is 21.8. The van der Waals surface area contributed by atoms with Gasteiger partial charge >= 0.3 is 6.36 Å². The highest BCUT2D eigenvalue weighted by Crippen LogP contribution is 2.23. The molecule has 158 valence electrons. The van der Waals surface area contributed by atoms with Gasteiger partial charge in [-0.05, 0) is 24.3 Å². The van der Waals surface area contributed by atoms with Gasteiger partial charge in [-0.25, -0.2) is 18.1 Å². The molecule has 30 heavy (non-hydrogen) atoms. The van der Waals surface area contributed by atoms with Crippen LogP contribution in [0.15, 0.2) is 76.7 Å². The van der Waals surface area contributed by atoms with E-state index in [1.165, 1.54) is 17.0 Å². The van der Waals surface area contributed by atoms with E-state index < -0.39 is 22.1 Å². The summed E-state index contributed by atoms with van der Waals surface area (Å²) in [6.07, 6.45) is -3.54. The summed E-state index contributed by atoms with van der Waals surface area (Å²) in [6, 6.07) is 14.2. The van der Waals surface area contributed by atoms with Gasteiger partial charge in [0.15, 0.2) is 0 Å². The fourth-order valence-corrected chi connectivity index (χ4v) is 3.59. The maximum atomic E-state index is 12.3. The van der Waals surface area contributed by atoms with E-state index in [2.05, 4.69) is 14.4 Å². The first kappa shape index (κ1) is 21.5. The average Bonchev–Trinajstić information content (AvgIpc) is 2.69. The highest BCUT2D eigenvalue weighted by Gasteiger charge is 2.31. The second-order valence-electron chi connectivity index (χ2n) is 6.09. The van der Waals surface area contributed by atoms with Gasteiger partial charge in [-0.3, -0.25) is 9.36 Å². The lowest BCUT2D eigenvalue weighted by Crippen LogP contribution is -2.30. The summed E-state index contributed by atoms with van der Waals surface area (Å²) in [4.78, 5) is 16.2. The van der Waals surface area contributed by atoms with Gasteiger partial charge in [0.05, 0.1) is 16.9 Å². The quantitative estimate of drug-likeness (QED) is 0.612. The van der Waals surface area contributed by atoms with Crippen LogP contribution in [-0.4, -0.2) is 30.9 Å². The third kappa shape index (κ3) is 5.67. The van der Waals surface area contributed by atoms with Crippen molar-refractivity contribution in [1.29, 1.82) is 0 Å². The molecule has 0 fully saturated rings. The monoisotopic (exact) mass is 439 g/mol. The van der Waals surface area contributed by atoms with Gasteiger partial charge in [-0.2, -0.15) is 0 Å². The molecule has 2 aromatic carbocycles. The van der Waals surface area contributed by atoms with Gasteiger partial charge in [0.1, 0.15) is 5.75 Å². The first-order valence-corrected chi connectivity index (χ1v) is 10.1. The predicted molar refractivity (Wildman–Crippen MR) is 102 cm³/mol. The van der Waals surface area contributed by atoms with Crippen LogP contribution in [0.3, 0.4) is 0 Å². The average molecular weight is 439 g/mol. The number of benzene rings is 2. The van der Waals surface area contributed by atoms with Gasteiger partial charge in [0, 0.05) is 24.7 Å². The number of hydrogen-bond acceptors (Lipinski definition) is 5. The van der Waals surface area contributed by atoms with Crippen molar-refractivity contribution >= 4 is 10.0 Å². The van der Waals surface area contributed by atoms with E-state index in [1.807, 2.05) is 30.3 Å². The first-order chi connectivity index (χ1) is 14.1. The molecule has 1 aromatic heterocycles. The number of sulfonamides is 1. The minimum Gasteiger partial charge on any atom is -0.406 e. The van der Waals surface area contributed by atoms with Gasteiger partial charge in [0.2, 0.25) is 10.0 Å². The summed E-state index contributed by atoms with van der Waals surface area (Å²) in [5.41, 5.74) is 0.927. The highest BCUT2D eigenvalue weighted by molar-refractivity contribution is 7.89. The van der Waals surface area contributed by atoms with E-state index in [-0.39, 0.29) is 23.5 Å². The number of rotatable bonds is 7. The Morgan fingerprint density at radius 1 is 1.03 bits per heavy atom. The van der Waals surface area contributed by atoms with Crippen LogP contribution in [0.2, 0.25) is 0 Å². The van der Waals surface area contributed by atoms with Crippen molar-refractivity contribution in [2.75, 3.05) is 6.54 Å². The SMILES string of the molecule is O=c1cc(-c2ccccc2)ncn1CCNS(=O)(=O)c1ccc(OC(F)(F)F)cc1. The summed E-state index contributed by atoms with van der Waals surface area (Å²) < 4.78 is 68.3. The van der Waals surface area contributed by atoms with Crippen LogP contribution in [0.1, 0.15) is 0 Å². The molecule has 1 heterocycles. The van der Waals surface area contributed by atoms with Crippen molar-refractivity contribution < 1.29 is 26.3 Å². The van der Waals surface area contributed by atoms with Crippen molar-refractivity contribution in [1.82, 2.24) is 14.3 Å². The van der Waals surface area contributed by atoms with E-state index in [1.54, 1.807) is 0 Å². The van der Waals surface area contributed by atoms with Crippen molar-refractivity contribution in [3.8, 4) is 17.0 Å². The van der Waals surface area contributed by atoms with Gasteiger partial charge in [-0.1, -0.05) is 30.3 Å². The van der Waals surface area contributed by atoms with Crippen molar-refractivity contribution in [3.63, 3.8) is 0 Å². The molecular weight excluding hydrogens is 423 g/mol. The molecule has 3 aromatic rings. The maximum Gasteiger partial charge on any atom is 0.573 e. The van der Waals surface area contributed by atoms with Crippen LogP contribution in [0.4, 0.5) is 13.2 Å². The number of nitrogens with one attached hydrogen (secondary N) is 1. The molecule has 0 atom stereocenters. The van der Waals surface area contributed by atoms with Crippen LogP contribution in [0.25, 0.3) is 11.3 Å². The molecule has 0 saturated heterocycles. The smallest absolute Gasteiger partial charge is 0.406 e. The van der Waals surface area contributed by atoms with E-state index in [0.29, 0.717) is 5.69 Å². The molecule has 0 spiro atoms. The molecule has 0 unspecified atom stereocenters. The van der Waals surface area contributed by atoms with Crippen molar-refractivity contribution in [2.45, 2.75) is 17.8 Å². The van der Waals surface area contributed by atoms with E-state index >= 15 is 0 Å². The Balaban J connectivity index is 1.62. The molecule has 0 amide bonds. The Morgan fingerprint density at radius 2 is 1.70 bits per heavy atom. The van der Waals surface area contributed by atoms with Crippen molar-refractivity contribution in [3.05, 3.63) is 77.3 Å². The molecule has 0 aliphatic rings. The fraction of sp³-hybridized carbons (Fsp3) is 0.158. The number of aromatic nitrogens is 2. The lowest BCUT2D eigenvalue weighted by Gasteiger charge is -2.11. The van der Waals surface area contributed by atoms with E-state index in [0.717, 1.165) is 29.8 Å². The molecule has 0 bridgehead atoms. The maximum absolute atomic E-state index is 12.3. The summed E-state index contributed by atoms with van der Waals surface area (Å²) in [6.45, 7) is -0.0925. The molecule has 3 rings (SSSR count). The number of halogens is 3. The molecule has 1 N–H and O–H groups in total. The Labute approximate surface area is 169 Å². The largest absolute Gasteiger partial charge is 0.573 e. The van der Waals surface area contributed by atoms with Crippen molar-refractivity contribution in [2.24, 2.45) is 0 Å². The second-order valence-corrected chi connectivity index (χ2v) is 7.86. The summed E-state index contributed by atoms with van der Waals surface area (Å²) >= 11 is 0. The minimum absolute atomic E-state index is 0.0232. The van der Waals surface area contributed by atoms with Gasteiger partial charge in [0.25, 0.3) is 5.56 Å².